The molecule has 1 atom stereocenters. The number of carboxylic acids is 1. The van der Waals surface area contributed by atoms with E-state index in [1.807, 2.05) is 6.07 Å². The summed E-state index contributed by atoms with van der Waals surface area (Å²) in [6.07, 6.45) is 0. The number of carbonyl (C=O) groups is 1. The minimum atomic E-state index is -0.995. The lowest BCUT2D eigenvalue weighted by molar-refractivity contribution is 0.0697. The average molecular weight is 270 g/mol. The van der Waals surface area contributed by atoms with Gasteiger partial charge in [-0.3, -0.25) is 0 Å². The molecule has 0 aliphatic carbocycles. The lowest BCUT2D eigenvalue weighted by Crippen LogP contribution is -2.37. The van der Waals surface area contributed by atoms with Gasteiger partial charge in [-0.05, 0) is 30.0 Å². The second kappa shape index (κ2) is 5.72. The van der Waals surface area contributed by atoms with E-state index in [1.54, 1.807) is 12.1 Å². The third kappa shape index (κ3) is 4.00. The van der Waals surface area contributed by atoms with Crippen LogP contribution in [0.5, 0.6) is 0 Å². The molecule has 0 bridgehead atoms. The van der Waals surface area contributed by atoms with Gasteiger partial charge in [0.05, 0.1) is 10.6 Å². The Morgan fingerprint density at radius 1 is 1.44 bits per heavy atom. The molecule has 0 saturated heterocycles. The van der Waals surface area contributed by atoms with E-state index < -0.39 is 5.97 Å². The molecule has 0 spiro atoms. The molecule has 3 nitrogen and oxygen atoms in total. The molecule has 0 fully saturated rings. The Balaban J connectivity index is 2.75. The van der Waals surface area contributed by atoms with E-state index in [9.17, 15) is 4.79 Å². The fourth-order valence-electron chi connectivity index (χ4n) is 1.42. The van der Waals surface area contributed by atoms with Crippen LogP contribution in [0.4, 0.5) is 0 Å². The van der Waals surface area contributed by atoms with E-state index in [1.165, 1.54) is 0 Å². The Labute approximate surface area is 113 Å². The molecule has 1 aromatic carbocycles. The highest BCUT2D eigenvalue weighted by atomic mass is 35.5. The van der Waals surface area contributed by atoms with Crippen molar-refractivity contribution in [2.24, 2.45) is 5.41 Å². The summed E-state index contributed by atoms with van der Waals surface area (Å²) < 4.78 is 0. The van der Waals surface area contributed by atoms with Gasteiger partial charge in [0.25, 0.3) is 0 Å². The SMILES string of the molecule is CC(NCc1ccc(Cl)c(C(=O)O)c1)C(C)(C)C. The van der Waals surface area contributed by atoms with Gasteiger partial charge in [0.2, 0.25) is 0 Å². The number of nitrogens with one attached hydrogen (secondary N) is 1. The fourth-order valence-corrected chi connectivity index (χ4v) is 1.62. The maximum atomic E-state index is 11.0. The van der Waals surface area contributed by atoms with Crippen molar-refractivity contribution in [1.29, 1.82) is 0 Å². The Morgan fingerprint density at radius 2 is 2.06 bits per heavy atom. The monoisotopic (exact) mass is 269 g/mol. The molecular weight excluding hydrogens is 250 g/mol. The highest BCUT2D eigenvalue weighted by molar-refractivity contribution is 6.33. The van der Waals surface area contributed by atoms with Crippen LogP contribution >= 0.6 is 11.6 Å². The summed E-state index contributed by atoms with van der Waals surface area (Å²) in [6.45, 7) is 9.24. The summed E-state index contributed by atoms with van der Waals surface area (Å²) in [5.74, 6) is -0.995. The Kier molecular flexibility index (Phi) is 4.77. The molecule has 0 aliphatic heterocycles. The summed E-state index contributed by atoms with van der Waals surface area (Å²) >= 11 is 5.83. The topological polar surface area (TPSA) is 49.3 Å². The summed E-state index contributed by atoms with van der Waals surface area (Å²) in [7, 11) is 0. The van der Waals surface area contributed by atoms with Crippen LogP contribution in [0.1, 0.15) is 43.6 Å². The third-order valence-corrected chi connectivity index (χ3v) is 3.50. The molecular formula is C14H20ClNO2. The van der Waals surface area contributed by atoms with Crippen LogP contribution in [0.3, 0.4) is 0 Å². The summed E-state index contributed by atoms with van der Waals surface area (Å²) in [4.78, 5) is 11.0. The van der Waals surface area contributed by atoms with Gasteiger partial charge in [-0.2, -0.15) is 0 Å². The molecule has 0 aliphatic rings. The number of benzene rings is 1. The van der Waals surface area contributed by atoms with Crippen LogP contribution < -0.4 is 5.32 Å². The van der Waals surface area contributed by atoms with E-state index in [4.69, 9.17) is 16.7 Å². The zero-order chi connectivity index (χ0) is 13.9. The maximum Gasteiger partial charge on any atom is 0.337 e. The number of aromatic carboxylic acids is 1. The van der Waals surface area contributed by atoms with Crippen molar-refractivity contribution >= 4 is 17.6 Å². The predicted molar refractivity (Wildman–Crippen MR) is 74.2 cm³/mol. The van der Waals surface area contributed by atoms with E-state index in [0.29, 0.717) is 12.6 Å². The van der Waals surface area contributed by atoms with Gasteiger partial charge in [-0.15, -0.1) is 0 Å². The largest absolute Gasteiger partial charge is 0.478 e. The Hall–Kier alpha value is -1.06. The van der Waals surface area contributed by atoms with Gasteiger partial charge in [-0.1, -0.05) is 38.4 Å². The smallest absolute Gasteiger partial charge is 0.337 e. The van der Waals surface area contributed by atoms with Crippen LogP contribution in [0.2, 0.25) is 5.02 Å². The van der Waals surface area contributed by atoms with Gasteiger partial charge in [-0.25, -0.2) is 4.79 Å². The second-order valence-corrected chi connectivity index (χ2v) is 6.00. The summed E-state index contributed by atoms with van der Waals surface area (Å²) in [5, 5.41) is 12.7. The molecule has 0 amide bonds. The van der Waals surface area contributed by atoms with Gasteiger partial charge in [0.1, 0.15) is 0 Å². The first-order chi connectivity index (χ1) is 8.21. The molecule has 1 unspecified atom stereocenters. The normalized spacial score (nSPS) is 13.4. The van der Waals surface area contributed by atoms with Crippen LogP contribution in [0.15, 0.2) is 18.2 Å². The van der Waals surface area contributed by atoms with Crippen molar-refractivity contribution in [3.8, 4) is 0 Å². The van der Waals surface area contributed by atoms with Gasteiger partial charge in [0.15, 0.2) is 0 Å². The Bertz CT molecular complexity index is 438. The molecule has 0 aromatic heterocycles. The first kappa shape index (κ1) is 15.0. The van der Waals surface area contributed by atoms with Gasteiger partial charge in [0, 0.05) is 12.6 Å². The van der Waals surface area contributed by atoms with Crippen molar-refractivity contribution < 1.29 is 9.90 Å². The van der Waals surface area contributed by atoms with Crippen molar-refractivity contribution in [3.05, 3.63) is 34.3 Å². The van der Waals surface area contributed by atoms with Crippen LogP contribution in [-0.4, -0.2) is 17.1 Å². The minimum absolute atomic E-state index is 0.152. The third-order valence-electron chi connectivity index (χ3n) is 3.17. The molecule has 1 rings (SSSR count). The van der Waals surface area contributed by atoms with Gasteiger partial charge < -0.3 is 10.4 Å². The number of halogens is 1. The quantitative estimate of drug-likeness (QED) is 0.879. The number of hydrogen-bond donors (Lipinski definition) is 2. The first-order valence-electron chi connectivity index (χ1n) is 5.97. The van der Waals surface area contributed by atoms with Crippen molar-refractivity contribution in [2.75, 3.05) is 0 Å². The lowest BCUT2D eigenvalue weighted by atomic mass is 9.88. The summed E-state index contributed by atoms with van der Waals surface area (Å²) in [6, 6.07) is 5.43. The maximum absolute atomic E-state index is 11.0. The highest BCUT2D eigenvalue weighted by Crippen LogP contribution is 2.20. The van der Waals surface area contributed by atoms with Crippen molar-refractivity contribution in [2.45, 2.75) is 40.3 Å². The van der Waals surface area contributed by atoms with E-state index >= 15 is 0 Å². The second-order valence-electron chi connectivity index (χ2n) is 5.59. The van der Waals surface area contributed by atoms with Crippen molar-refractivity contribution in [1.82, 2.24) is 5.32 Å². The Morgan fingerprint density at radius 3 is 2.56 bits per heavy atom. The molecule has 18 heavy (non-hydrogen) atoms. The number of hydrogen-bond acceptors (Lipinski definition) is 2. The van der Waals surface area contributed by atoms with Gasteiger partial charge >= 0.3 is 5.97 Å². The molecule has 0 saturated carbocycles. The van der Waals surface area contributed by atoms with Crippen LogP contribution in [0, 0.1) is 5.41 Å². The molecule has 1 aromatic rings. The zero-order valence-corrected chi connectivity index (χ0v) is 12.0. The first-order valence-corrected chi connectivity index (χ1v) is 6.34. The highest BCUT2D eigenvalue weighted by Gasteiger charge is 2.19. The molecule has 2 N–H and O–H groups in total. The molecule has 100 valence electrons. The van der Waals surface area contributed by atoms with E-state index in [-0.39, 0.29) is 16.0 Å². The lowest BCUT2D eigenvalue weighted by Gasteiger charge is -2.28. The van der Waals surface area contributed by atoms with Crippen molar-refractivity contribution in [3.63, 3.8) is 0 Å². The summed E-state index contributed by atoms with van der Waals surface area (Å²) in [5.41, 5.74) is 1.24. The zero-order valence-electron chi connectivity index (χ0n) is 11.2. The minimum Gasteiger partial charge on any atom is -0.478 e. The number of carboxylic acid groups (broad SMARTS) is 1. The predicted octanol–water partition coefficient (Wildman–Crippen LogP) is 3.56. The fraction of sp³-hybridized carbons (Fsp3) is 0.500. The van der Waals surface area contributed by atoms with E-state index in [0.717, 1.165) is 5.56 Å². The molecule has 0 radical (unpaired) electrons. The van der Waals surface area contributed by atoms with Crippen LogP contribution in [0.25, 0.3) is 0 Å². The molecule has 4 heteroatoms. The van der Waals surface area contributed by atoms with E-state index in [2.05, 4.69) is 33.0 Å². The average Bonchev–Trinajstić information content (AvgIpc) is 2.25. The number of rotatable bonds is 4. The standard InChI is InChI=1S/C14H20ClNO2/c1-9(14(2,3)4)16-8-10-5-6-12(15)11(7-10)13(17)18/h5-7,9,16H,8H2,1-4H3,(H,17,18). The molecule has 0 heterocycles. The van der Waals surface area contributed by atoms with Crippen LogP contribution in [-0.2, 0) is 6.54 Å².